The summed E-state index contributed by atoms with van der Waals surface area (Å²) in [5.74, 6) is -1.90. The number of aliphatic carboxylic acids is 1. The molecular formula is C27H32N2O5. The Hall–Kier alpha value is -3.61. The first kappa shape index (κ1) is 25.0. The van der Waals surface area contributed by atoms with Gasteiger partial charge in [0.1, 0.15) is 12.6 Å². The van der Waals surface area contributed by atoms with E-state index in [1.807, 2.05) is 38.1 Å². The van der Waals surface area contributed by atoms with Gasteiger partial charge in [-0.1, -0.05) is 67.1 Å². The summed E-state index contributed by atoms with van der Waals surface area (Å²) < 4.78 is 5.50. The van der Waals surface area contributed by atoms with Crippen molar-refractivity contribution in [1.82, 2.24) is 10.6 Å². The van der Waals surface area contributed by atoms with E-state index in [2.05, 4.69) is 34.9 Å². The van der Waals surface area contributed by atoms with Crippen molar-refractivity contribution in [2.45, 2.75) is 45.6 Å². The van der Waals surface area contributed by atoms with E-state index in [0.717, 1.165) is 27.8 Å². The predicted molar refractivity (Wildman–Crippen MR) is 130 cm³/mol. The molecule has 7 nitrogen and oxygen atoms in total. The van der Waals surface area contributed by atoms with Crippen LogP contribution in [0.15, 0.2) is 60.2 Å². The molecule has 1 aliphatic rings. The molecule has 0 radical (unpaired) electrons. The van der Waals surface area contributed by atoms with E-state index in [-0.39, 0.29) is 31.4 Å². The van der Waals surface area contributed by atoms with Crippen LogP contribution in [0.1, 0.15) is 50.7 Å². The highest BCUT2D eigenvalue weighted by Crippen LogP contribution is 2.44. The first-order valence-corrected chi connectivity index (χ1v) is 11.5. The number of nitrogens with one attached hydrogen (secondary N) is 2. The van der Waals surface area contributed by atoms with Crippen LogP contribution in [0.5, 0.6) is 0 Å². The van der Waals surface area contributed by atoms with E-state index in [1.165, 1.54) is 0 Å². The molecule has 0 saturated carbocycles. The van der Waals surface area contributed by atoms with Crippen LogP contribution in [-0.4, -0.2) is 42.3 Å². The molecule has 3 rings (SSSR count). The first-order chi connectivity index (χ1) is 16.3. The van der Waals surface area contributed by atoms with Crippen molar-refractivity contribution in [1.29, 1.82) is 0 Å². The molecule has 0 bridgehead atoms. The number of rotatable bonds is 10. The van der Waals surface area contributed by atoms with Gasteiger partial charge < -0.3 is 20.5 Å². The van der Waals surface area contributed by atoms with Gasteiger partial charge in [0.05, 0.1) is 0 Å². The lowest BCUT2D eigenvalue weighted by Gasteiger charge is -2.17. The summed E-state index contributed by atoms with van der Waals surface area (Å²) in [5.41, 5.74) is 5.60. The SMILES string of the molecule is CC(C)=CCC(NC(=O)C(C)CCNC(=O)OCC1c2ccccc2-c2ccccc21)C(=O)O. The van der Waals surface area contributed by atoms with E-state index in [1.54, 1.807) is 13.0 Å². The summed E-state index contributed by atoms with van der Waals surface area (Å²) in [7, 11) is 0. The average molecular weight is 465 g/mol. The molecule has 3 N–H and O–H groups in total. The van der Waals surface area contributed by atoms with E-state index in [4.69, 9.17) is 4.74 Å². The third-order valence-corrected chi connectivity index (χ3v) is 6.01. The van der Waals surface area contributed by atoms with Gasteiger partial charge in [0.25, 0.3) is 0 Å². The Morgan fingerprint density at radius 2 is 1.62 bits per heavy atom. The zero-order valence-electron chi connectivity index (χ0n) is 19.8. The number of hydrogen-bond donors (Lipinski definition) is 3. The smallest absolute Gasteiger partial charge is 0.407 e. The third kappa shape index (κ3) is 6.25. The second kappa shape index (κ2) is 11.5. The van der Waals surface area contributed by atoms with Crippen LogP contribution in [0.2, 0.25) is 0 Å². The average Bonchev–Trinajstić information content (AvgIpc) is 3.13. The van der Waals surface area contributed by atoms with Gasteiger partial charge in [-0.2, -0.15) is 0 Å². The normalized spacial score (nSPS) is 13.7. The fraction of sp³-hybridized carbons (Fsp3) is 0.370. The van der Waals surface area contributed by atoms with Gasteiger partial charge in [-0.25, -0.2) is 9.59 Å². The van der Waals surface area contributed by atoms with Crippen molar-refractivity contribution in [2.24, 2.45) is 5.92 Å². The second-order valence-electron chi connectivity index (χ2n) is 8.86. The maximum atomic E-state index is 12.4. The van der Waals surface area contributed by atoms with E-state index >= 15 is 0 Å². The maximum absolute atomic E-state index is 12.4. The minimum Gasteiger partial charge on any atom is -0.480 e. The molecule has 0 aliphatic heterocycles. The minimum absolute atomic E-state index is 0.0170. The van der Waals surface area contributed by atoms with Crippen LogP contribution < -0.4 is 10.6 Å². The summed E-state index contributed by atoms with van der Waals surface area (Å²) in [5, 5.41) is 14.6. The molecule has 34 heavy (non-hydrogen) atoms. The lowest BCUT2D eigenvalue weighted by molar-refractivity contribution is -0.142. The van der Waals surface area contributed by atoms with Crippen LogP contribution in [0.3, 0.4) is 0 Å². The van der Waals surface area contributed by atoms with Crippen LogP contribution in [-0.2, 0) is 14.3 Å². The molecule has 2 unspecified atom stereocenters. The van der Waals surface area contributed by atoms with Crippen LogP contribution in [0.4, 0.5) is 4.79 Å². The molecule has 2 amide bonds. The Kier molecular flexibility index (Phi) is 8.46. The number of amides is 2. The molecule has 2 aromatic carbocycles. The summed E-state index contributed by atoms with van der Waals surface area (Å²) >= 11 is 0. The highest BCUT2D eigenvalue weighted by atomic mass is 16.5. The van der Waals surface area contributed by atoms with E-state index in [9.17, 15) is 19.5 Å². The Balaban J connectivity index is 1.45. The van der Waals surface area contributed by atoms with Gasteiger partial charge in [-0.05, 0) is 48.9 Å². The maximum Gasteiger partial charge on any atom is 0.407 e. The summed E-state index contributed by atoms with van der Waals surface area (Å²) in [4.78, 5) is 36.0. The number of carboxylic acid groups (broad SMARTS) is 1. The molecule has 0 heterocycles. The zero-order chi connectivity index (χ0) is 24.7. The Bertz CT molecular complexity index is 1030. The highest BCUT2D eigenvalue weighted by Gasteiger charge is 2.29. The van der Waals surface area contributed by atoms with Crippen molar-refractivity contribution in [3.8, 4) is 11.1 Å². The van der Waals surface area contributed by atoms with Gasteiger partial charge in [-0.3, -0.25) is 4.79 Å². The van der Waals surface area contributed by atoms with Crippen LogP contribution in [0.25, 0.3) is 11.1 Å². The van der Waals surface area contributed by atoms with Crippen molar-refractivity contribution in [3.63, 3.8) is 0 Å². The number of hydrogen-bond acceptors (Lipinski definition) is 4. The summed E-state index contributed by atoms with van der Waals surface area (Å²) in [6.45, 7) is 5.92. The van der Waals surface area contributed by atoms with Crippen LogP contribution >= 0.6 is 0 Å². The quantitative estimate of drug-likeness (QED) is 0.450. The molecule has 1 aliphatic carbocycles. The molecule has 0 aromatic heterocycles. The topological polar surface area (TPSA) is 105 Å². The zero-order valence-corrected chi connectivity index (χ0v) is 19.8. The molecule has 2 aromatic rings. The van der Waals surface area contributed by atoms with Gasteiger partial charge in [0.2, 0.25) is 5.91 Å². The van der Waals surface area contributed by atoms with Gasteiger partial charge in [0.15, 0.2) is 0 Å². The monoisotopic (exact) mass is 464 g/mol. The summed E-state index contributed by atoms with van der Waals surface area (Å²) in [6, 6.07) is 15.3. The molecule has 180 valence electrons. The fourth-order valence-electron chi connectivity index (χ4n) is 4.06. The number of carbonyl (C=O) groups excluding carboxylic acids is 2. The van der Waals surface area contributed by atoms with Crippen LogP contribution in [0, 0.1) is 5.92 Å². The van der Waals surface area contributed by atoms with Crippen molar-refractivity contribution >= 4 is 18.0 Å². The number of carboxylic acids is 1. The van der Waals surface area contributed by atoms with Crippen molar-refractivity contribution in [3.05, 3.63) is 71.3 Å². The molecule has 2 atom stereocenters. The number of fused-ring (bicyclic) bond motifs is 3. The fourth-order valence-corrected chi connectivity index (χ4v) is 4.06. The molecule has 0 fully saturated rings. The number of ether oxygens (including phenoxy) is 1. The van der Waals surface area contributed by atoms with Gasteiger partial charge in [-0.15, -0.1) is 0 Å². The minimum atomic E-state index is -1.07. The lowest BCUT2D eigenvalue weighted by Crippen LogP contribution is -2.43. The Labute approximate surface area is 200 Å². The van der Waals surface area contributed by atoms with Crippen molar-refractivity contribution in [2.75, 3.05) is 13.2 Å². The number of allylic oxidation sites excluding steroid dienone is 1. The lowest BCUT2D eigenvalue weighted by atomic mass is 9.98. The Morgan fingerprint density at radius 3 is 2.18 bits per heavy atom. The molecular weight excluding hydrogens is 432 g/mol. The summed E-state index contributed by atoms with van der Waals surface area (Å²) in [6.07, 6.45) is 1.84. The Morgan fingerprint density at radius 1 is 1.03 bits per heavy atom. The largest absolute Gasteiger partial charge is 0.480 e. The number of benzene rings is 2. The number of carbonyl (C=O) groups is 3. The van der Waals surface area contributed by atoms with Crippen molar-refractivity contribution < 1.29 is 24.2 Å². The predicted octanol–water partition coefficient (Wildman–Crippen LogP) is 4.48. The van der Waals surface area contributed by atoms with E-state index in [0.29, 0.717) is 6.42 Å². The molecule has 0 saturated heterocycles. The van der Waals surface area contributed by atoms with Gasteiger partial charge in [0, 0.05) is 18.4 Å². The van der Waals surface area contributed by atoms with Gasteiger partial charge >= 0.3 is 12.1 Å². The number of alkyl carbamates (subject to hydrolysis) is 1. The standard InChI is InChI=1S/C27H32N2O5/c1-17(2)12-13-24(26(31)32)29-25(30)18(3)14-15-28-27(33)34-16-23-21-10-6-4-8-19(21)20-9-5-7-11-22(20)23/h4-12,18,23-24H,13-16H2,1-3H3,(H,28,33)(H,29,30)(H,31,32). The molecule has 0 spiro atoms. The second-order valence-corrected chi connectivity index (χ2v) is 8.86. The molecule has 7 heteroatoms. The van der Waals surface area contributed by atoms with E-state index < -0.39 is 24.0 Å². The highest BCUT2D eigenvalue weighted by molar-refractivity contribution is 5.85. The third-order valence-electron chi connectivity index (χ3n) is 6.01. The first-order valence-electron chi connectivity index (χ1n) is 11.5.